The molecule has 0 bridgehead atoms. The molecule has 0 radical (unpaired) electrons. The van der Waals surface area contributed by atoms with E-state index in [2.05, 4.69) is 27.5 Å². The first kappa shape index (κ1) is 14.2. The minimum atomic E-state index is -0.116. The molecule has 2 aromatic heterocycles. The number of nitrogens with two attached hydrogens (primary N) is 1. The highest BCUT2D eigenvalue weighted by Crippen LogP contribution is 2.31. The third-order valence-electron chi connectivity index (χ3n) is 4.05. The number of fused-ring (bicyclic) bond motifs is 1. The quantitative estimate of drug-likeness (QED) is 0.897. The Morgan fingerprint density at radius 1 is 1.57 bits per heavy atom. The Hall–Kier alpha value is -1.73. The number of thiophene rings is 1. The summed E-state index contributed by atoms with van der Waals surface area (Å²) in [5, 5.41) is 11.6. The molecule has 1 atom stereocenters. The minimum absolute atomic E-state index is 0.116. The van der Waals surface area contributed by atoms with E-state index in [0.717, 1.165) is 18.4 Å². The van der Waals surface area contributed by atoms with Gasteiger partial charge in [-0.1, -0.05) is 6.42 Å². The average molecular weight is 305 g/mol. The van der Waals surface area contributed by atoms with E-state index in [0.29, 0.717) is 28.0 Å². The Kier molecular flexibility index (Phi) is 4.03. The highest BCUT2D eigenvalue weighted by atomic mass is 32.1. The highest BCUT2D eigenvalue weighted by Gasteiger charge is 2.21. The molecule has 0 spiro atoms. The number of carbonyl (C=O) groups is 1. The molecule has 1 aliphatic heterocycles. The molecule has 0 aromatic carbocycles. The fraction of sp³-hybridized carbons (Fsp3) is 0.500. The minimum Gasteiger partial charge on any atom is -0.397 e. The van der Waals surface area contributed by atoms with Crippen LogP contribution in [0.2, 0.25) is 0 Å². The second-order valence-electron chi connectivity index (χ2n) is 5.44. The molecular formula is C14H19N5OS. The molecule has 1 amide bonds. The van der Waals surface area contributed by atoms with Gasteiger partial charge in [0, 0.05) is 18.0 Å². The number of nitrogens with zero attached hydrogens (tertiary/aromatic N) is 3. The maximum Gasteiger partial charge on any atom is 0.263 e. The van der Waals surface area contributed by atoms with Crippen LogP contribution in [0, 0.1) is 0 Å². The lowest BCUT2D eigenvalue weighted by molar-refractivity contribution is 0.0933. The van der Waals surface area contributed by atoms with Gasteiger partial charge >= 0.3 is 0 Å². The van der Waals surface area contributed by atoms with Gasteiger partial charge in [0.1, 0.15) is 9.71 Å². The zero-order chi connectivity index (χ0) is 14.8. The zero-order valence-electron chi connectivity index (χ0n) is 12.0. The average Bonchev–Trinajstić information content (AvgIpc) is 2.84. The maximum absolute atomic E-state index is 12.3. The molecular weight excluding hydrogens is 286 g/mol. The molecule has 112 valence electrons. The maximum atomic E-state index is 12.3. The van der Waals surface area contributed by atoms with Gasteiger partial charge in [-0.2, -0.15) is 5.10 Å². The number of amides is 1. The first-order valence-corrected chi connectivity index (χ1v) is 7.96. The van der Waals surface area contributed by atoms with Gasteiger partial charge in [0.15, 0.2) is 0 Å². The monoisotopic (exact) mass is 305 g/mol. The van der Waals surface area contributed by atoms with Gasteiger partial charge in [0.2, 0.25) is 0 Å². The van der Waals surface area contributed by atoms with E-state index in [1.54, 1.807) is 12.3 Å². The van der Waals surface area contributed by atoms with Crippen LogP contribution in [0.5, 0.6) is 0 Å². The third kappa shape index (κ3) is 2.84. The number of nitrogens with one attached hydrogen (secondary N) is 1. The van der Waals surface area contributed by atoms with E-state index in [4.69, 9.17) is 5.73 Å². The lowest BCUT2D eigenvalue weighted by Crippen LogP contribution is -2.44. The number of piperidine rings is 1. The van der Waals surface area contributed by atoms with E-state index < -0.39 is 0 Å². The molecule has 3 heterocycles. The van der Waals surface area contributed by atoms with Crippen LogP contribution in [-0.2, 0) is 0 Å². The predicted molar refractivity (Wildman–Crippen MR) is 84.4 cm³/mol. The smallest absolute Gasteiger partial charge is 0.263 e. The molecule has 1 saturated heterocycles. The SMILES string of the molecule is CN1CCCCC1CNC(=O)c1sc2nnccc2c1N. The molecule has 2 aromatic rings. The molecule has 1 unspecified atom stereocenters. The van der Waals surface area contributed by atoms with Crippen molar-refractivity contribution in [2.45, 2.75) is 25.3 Å². The number of rotatable bonds is 3. The third-order valence-corrected chi connectivity index (χ3v) is 5.15. The molecule has 0 saturated carbocycles. The van der Waals surface area contributed by atoms with Crippen LogP contribution in [0.15, 0.2) is 12.3 Å². The van der Waals surface area contributed by atoms with Crippen molar-refractivity contribution in [3.05, 3.63) is 17.1 Å². The molecule has 1 aliphatic rings. The summed E-state index contributed by atoms with van der Waals surface area (Å²) in [6.07, 6.45) is 5.18. The molecule has 7 heteroatoms. The van der Waals surface area contributed by atoms with E-state index in [1.807, 2.05) is 0 Å². The number of hydrogen-bond donors (Lipinski definition) is 2. The first-order chi connectivity index (χ1) is 10.2. The van der Waals surface area contributed by atoms with Gasteiger partial charge in [0.25, 0.3) is 5.91 Å². The van der Waals surface area contributed by atoms with Crippen molar-refractivity contribution >= 4 is 33.1 Å². The van der Waals surface area contributed by atoms with Gasteiger partial charge in [0.05, 0.1) is 11.9 Å². The van der Waals surface area contributed by atoms with Crippen LogP contribution in [0.25, 0.3) is 10.2 Å². The van der Waals surface area contributed by atoms with Crippen molar-refractivity contribution in [1.82, 2.24) is 20.4 Å². The Labute approximate surface area is 127 Å². The highest BCUT2D eigenvalue weighted by molar-refractivity contribution is 7.21. The van der Waals surface area contributed by atoms with Crippen molar-refractivity contribution in [3.63, 3.8) is 0 Å². The van der Waals surface area contributed by atoms with Gasteiger partial charge < -0.3 is 16.0 Å². The summed E-state index contributed by atoms with van der Waals surface area (Å²) in [7, 11) is 2.11. The van der Waals surface area contributed by atoms with Crippen LogP contribution < -0.4 is 11.1 Å². The summed E-state index contributed by atoms with van der Waals surface area (Å²) >= 11 is 1.30. The fourth-order valence-electron chi connectivity index (χ4n) is 2.73. The fourth-order valence-corrected chi connectivity index (χ4v) is 3.69. The van der Waals surface area contributed by atoms with Crippen molar-refractivity contribution in [2.75, 3.05) is 25.9 Å². The van der Waals surface area contributed by atoms with Crippen LogP contribution in [0.1, 0.15) is 28.9 Å². The summed E-state index contributed by atoms with van der Waals surface area (Å²) in [6, 6.07) is 2.21. The molecule has 6 nitrogen and oxygen atoms in total. The van der Waals surface area contributed by atoms with E-state index in [-0.39, 0.29) is 5.91 Å². The lowest BCUT2D eigenvalue weighted by atomic mass is 10.0. The first-order valence-electron chi connectivity index (χ1n) is 7.15. The summed E-state index contributed by atoms with van der Waals surface area (Å²) in [5.41, 5.74) is 6.55. The van der Waals surface area contributed by atoms with E-state index in [9.17, 15) is 4.79 Å². The second-order valence-corrected chi connectivity index (χ2v) is 6.43. The molecule has 1 fully saturated rings. The van der Waals surface area contributed by atoms with Crippen molar-refractivity contribution in [2.24, 2.45) is 0 Å². The Morgan fingerprint density at radius 3 is 3.19 bits per heavy atom. The lowest BCUT2D eigenvalue weighted by Gasteiger charge is -2.32. The van der Waals surface area contributed by atoms with Gasteiger partial charge in [-0.25, -0.2) is 0 Å². The number of nitrogen functional groups attached to an aromatic ring is 1. The Morgan fingerprint density at radius 2 is 2.43 bits per heavy atom. The van der Waals surface area contributed by atoms with Gasteiger partial charge in [-0.3, -0.25) is 4.79 Å². The molecule has 0 aliphatic carbocycles. The largest absolute Gasteiger partial charge is 0.397 e. The Bertz CT molecular complexity index is 656. The number of hydrogen-bond acceptors (Lipinski definition) is 6. The number of carbonyl (C=O) groups excluding carboxylic acids is 1. The van der Waals surface area contributed by atoms with Crippen molar-refractivity contribution in [3.8, 4) is 0 Å². The van der Waals surface area contributed by atoms with Crippen LogP contribution in [-0.4, -0.2) is 47.2 Å². The standard InChI is InChI=1S/C14H19N5OS/c1-19-7-3-2-4-9(19)8-16-13(20)12-11(15)10-5-6-17-18-14(10)21-12/h5-6,9H,2-4,7-8,15H2,1H3,(H,16,20). The molecule has 3 N–H and O–H groups in total. The van der Waals surface area contributed by atoms with Crippen LogP contribution in [0.3, 0.4) is 0 Å². The number of likely N-dealkylation sites (tertiary alicyclic amines) is 1. The Balaban J connectivity index is 1.70. The normalized spacial score (nSPS) is 19.8. The molecule has 21 heavy (non-hydrogen) atoms. The second kappa shape index (κ2) is 5.95. The summed E-state index contributed by atoms with van der Waals surface area (Å²) < 4.78 is 0. The van der Waals surface area contributed by atoms with Gasteiger partial charge in [-0.15, -0.1) is 16.4 Å². The number of likely N-dealkylation sites (N-methyl/N-ethyl adjacent to an activating group) is 1. The molecule has 3 rings (SSSR count). The van der Waals surface area contributed by atoms with E-state index >= 15 is 0 Å². The zero-order valence-corrected chi connectivity index (χ0v) is 12.8. The number of anilines is 1. The van der Waals surface area contributed by atoms with Crippen molar-refractivity contribution in [1.29, 1.82) is 0 Å². The van der Waals surface area contributed by atoms with Crippen LogP contribution in [0.4, 0.5) is 5.69 Å². The number of aromatic nitrogens is 2. The summed E-state index contributed by atoms with van der Waals surface area (Å²) in [5.74, 6) is -0.116. The van der Waals surface area contributed by atoms with E-state index in [1.165, 1.54) is 24.2 Å². The predicted octanol–water partition coefficient (Wildman–Crippen LogP) is 1.49. The van der Waals surface area contributed by atoms with Crippen LogP contribution >= 0.6 is 11.3 Å². The summed E-state index contributed by atoms with van der Waals surface area (Å²) in [6.45, 7) is 1.76. The van der Waals surface area contributed by atoms with Crippen molar-refractivity contribution < 1.29 is 4.79 Å². The van der Waals surface area contributed by atoms with Gasteiger partial charge in [-0.05, 0) is 32.5 Å². The topological polar surface area (TPSA) is 84.1 Å². The summed E-state index contributed by atoms with van der Waals surface area (Å²) in [4.78, 5) is 15.9.